The van der Waals surface area contributed by atoms with Gasteiger partial charge in [0.15, 0.2) is 0 Å². The molecule has 0 saturated heterocycles. The highest BCUT2D eigenvalue weighted by Gasteiger charge is 2.21. The number of aliphatic hydroxyl groups is 1. The molecule has 3 atom stereocenters. The summed E-state index contributed by atoms with van der Waals surface area (Å²) in [6.07, 6.45) is 3.63. The number of allylic oxidation sites excluding steroid dienone is 1. The van der Waals surface area contributed by atoms with E-state index in [9.17, 15) is 5.11 Å². The van der Waals surface area contributed by atoms with Crippen LogP contribution in [0.1, 0.15) is 47.5 Å². The highest BCUT2D eigenvalue weighted by molar-refractivity contribution is 4.80. The van der Waals surface area contributed by atoms with Gasteiger partial charge in [0.2, 0.25) is 0 Å². The fourth-order valence-electron chi connectivity index (χ4n) is 1.98. The largest absolute Gasteiger partial charge is 0.393 e. The fourth-order valence-corrected chi connectivity index (χ4v) is 1.98. The van der Waals surface area contributed by atoms with Gasteiger partial charge in [-0.2, -0.15) is 0 Å². The van der Waals surface area contributed by atoms with Crippen LogP contribution in [-0.2, 0) is 0 Å². The Hall–Kier alpha value is -0.340. The summed E-state index contributed by atoms with van der Waals surface area (Å²) >= 11 is 0. The molecular weight excluding hydrogens is 198 g/mol. The van der Waals surface area contributed by atoms with Crippen molar-refractivity contribution in [1.82, 2.24) is 5.32 Å². The molecule has 2 nitrogen and oxygen atoms in total. The minimum absolute atomic E-state index is 0.149. The summed E-state index contributed by atoms with van der Waals surface area (Å²) in [4.78, 5) is 0. The van der Waals surface area contributed by atoms with E-state index in [1.54, 1.807) is 0 Å². The van der Waals surface area contributed by atoms with Crippen molar-refractivity contribution in [2.24, 2.45) is 11.3 Å². The van der Waals surface area contributed by atoms with Gasteiger partial charge in [0.25, 0.3) is 0 Å². The van der Waals surface area contributed by atoms with E-state index in [0.29, 0.717) is 12.0 Å². The Labute approximate surface area is 101 Å². The van der Waals surface area contributed by atoms with Crippen LogP contribution in [0.3, 0.4) is 0 Å². The van der Waals surface area contributed by atoms with Crippen molar-refractivity contribution in [2.45, 2.75) is 59.6 Å². The molecule has 0 aliphatic rings. The third kappa shape index (κ3) is 7.02. The second-order valence-electron chi connectivity index (χ2n) is 5.89. The zero-order chi connectivity index (χ0) is 12.8. The first-order valence-electron chi connectivity index (χ1n) is 6.31. The molecule has 0 radical (unpaired) electrons. The van der Waals surface area contributed by atoms with E-state index >= 15 is 0 Å². The Morgan fingerprint density at radius 1 is 1.31 bits per heavy atom. The summed E-state index contributed by atoms with van der Waals surface area (Å²) in [5.74, 6) is 0.611. The highest BCUT2D eigenvalue weighted by atomic mass is 16.3. The van der Waals surface area contributed by atoms with E-state index in [1.807, 2.05) is 13.0 Å². The second-order valence-corrected chi connectivity index (χ2v) is 5.89. The Morgan fingerprint density at radius 2 is 1.88 bits per heavy atom. The molecule has 0 rings (SSSR count). The van der Waals surface area contributed by atoms with Crippen LogP contribution < -0.4 is 5.32 Å². The van der Waals surface area contributed by atoms with Crippen LogP contribution in [0.2, 0.25) is 0 Å². The van der Waals surface area contributed by atoms with E-state index in [0.717, 1.165) is 19.4 Å². The van der Waals surface area contributed by atoms with Crippen molar-refractivity contribution in [3.63, 3.8) is 0 Å². The average Bonchev–Trinajstić information content (AvgIpc) is 2.12. The topological polar surface area (TPSA) is 32.3 Å². The third-order valence-electron chi connectivity index (χ3n) is 3.14. The molecule has 0 amide bonds. The molecule has 0 heterocycles. The Balaban J connectivity index is 3.98. The minimum Gasteiger partial charge on any atom is -0.393 e. The predicted octanol–water partition coefficient (Wildman–Crippen LogP) is 2.97. The molecule has 0 aromatic heterocycles. The van der Waals surface area contributed by atoms with Gasteiger partial charge in [-0.3, -0.25) is 0 Å². The van der Waals surface area contributed by atoms with Gasteiger partial charge in [0.1, 0.15) is 0 Å². The maximum Gasteiger partial charge on any atom is 0.0517 e. The van der Waals surface area contributed by atoms with Gasteiger partial charge in [-0.1, -0.05) is 26.8 Å². The van der Waals surface area contributed by atoms with E-state index in [4.69, 9.17) is 0 Å². The summed E-state index contributed by atoms with van der Waals surface area (Å²) < 4.78 is 0. The van der Waals surface area contributed by atoms with Gasteiger partial charge >= 0.3 is 0 Å². The molecule has 0 aliphatic heterocycles. The fraction of sp³-hybridized carbons (Fsp3) is 0.857. The van der Waals surface area contributed by atoms with Gasteiger partial charge in [0, 0.05) is 12.6 Å². The molecule has 96 valence electrons. The molecule has 2 heteroatoms. The normalized spacial score (nSPS) is 17.9. The smallest absolute Gasteiger partial charge is 0.0517 e. The van der Waals surface area contributed by atoms with Gasteiger partial charge in [-0.15, -0.1) is 6.58 Å². The van der Waals surface area contributed by atoms with Crippen molar-refractivity contribution < 1.29 is 5.11 Å². The Bertz CT molecular complexity index is 199. The monoisotopic (exact) mass is 227 g/mol. The highest BCUT2D eigenvalue weighted by Crippen LogP contribution is 2.22. The average molecular weight is 227 g/mol. The quantitative estimate of drug-likeness (QED) is 0.625. The van der Waals surface area contributed by atoms with Gasteiger partial charge in [-0.05, 0) is 38.0 Å². The van der Waals surface area contributed by atoms with Gasteiger partial charge < -0.3 is 10.4 Å². The van der Waals surface area contributed by atoms with E-state index < -0.39 is 0 Å². The van der Waals surface area contributed by atoms with Crippen LogP contribution >= 0.6 is 0 Å². The number of rotatable bonds is 8. The molecule has 0 fully saturated rings. The molecule has 0 spiro atoms. The number of aliphatic hydroxyl groups excluding tert-OH is 1. The third-order valence-corrected chi connectivity index (χ3v) is 3.14. The molecule has 16 heavy (non-hydrogen) atoms. The molecule has 0 aromatic carbocycles. The van der Waals surface area contributed by atoms with Crippen LogP contribution in [0.25, 0.3) is 0 Å². The summed E-state index contributed by atoms with van der Waals surface area (Å²) in [7, 11) is 0. The second kappa shape index (κ2) is 7.08. The standard InChI is InChI=1S/C14H29NO/c1-7-8-11(2)13(4)15-10-14(5,6)9-12(3)16/h7,11-13,15-16H,1,8-10H2,2-6H3. The number of hydrogen-bond acceptors (Lipinski definition) is 2. The molecule has 0 aliphatic carbocycles. The molecule has 0 saturated carbocycles. The lowest BCUT2D eigenvalue weighted by molar-refractivity contribution is 0.125. The van der Waals surface area contributed by atoms with Crippen LogP contribution in [0.15, 0.2) is 12.7 Å². The first-order chi connectivity index (χ1) is 7.28. The van der Waals surface area contributed by atoms with Crippen LogP contribution in [0.4, 0.5) is 0 Å². The van der Waals surface area contributed by atoms with E-state index in [1.165, 1.54) is 0 Å². The molecule has 0 bridgehead atoms. The molecular formula is C14H29NO. The minimum atomic E-state index is -0.224. The summed E-state index contributed by atoms with van der Waals surface area (Å²) in [6.45, 7) is 15.4. The maximum absolute atomic E-state index is 9.41. The molecule has 2 N–H and O–H groups in total. The molecule has 3 unspecified atom stereocenters. The van der Waals surface area contributed by atoms with Crippen LogP contribution in [-0.4, -0.2) is 23.8 Å². The molecule has 0 aromatic rings. The Morgan fingerprint density at radius 3 is 2.31 bits per heavy atom. The van der Waals surface area contributed by atoms with Gasteiger partial charge in [-0.25, -0.2) is 0 Å². The van der Waals surface area contributed by atoms with Crippen molar-refractivity contribution in [2.75, 3.05) is 6.54 Å². The number of nitrogens with one attached hydrogen (secondary N) is 1. The lowest BCUT2D eigenvalue weighted by Gasteiger charge is -2.30. The summed E-state index contributed by atoms with van der Waals surface area (Å²) in [5, 5.41) is 13.0. The maximum atomic E-state index is 9.41. The first kappa shape index (κ1) is 15.7. The summed E-state index contributed by atoms with van der Waals surface area (Å²) in [6, 6.07) is 0.492. The Kier molecular flexibility index (Phi) is 6.93. The van der Waals surface area contributed by atoms with Crippen molar-refractivity contribution in [3.8, 4) is 0 Å². The van der Waals surface area contributed by atoms with E-state index in [2.05, 4.69) is 39.6 Å². The van der Waals surface area contributed by atoms with Crippen LogP contribution in [0.5, 0.6) is 0 Å². The van der Waals surface area contributed by atoms with Crippen molar-refractivity contribution in [1.29, 1.82) is 0 Å². The lowest BCUT2D eigenvalue weighted by Crippen LogP contribution is -2.39. The summed E-state index contributed by atoms with van der Waals surface area (Å²) in [5.41, 5.74) is 0.149. The zero-order valence-electron chi connectivity index (χ0n) is 11.6. The predicted molar refractivity (Wildman–Crippen MR) is 71.5 cm³/mol. The first-order valence-corrected chi connectivity index (χ1v) is 6.31. The van der Waals surface area contributed by atoms with E-state index in [-0.39, 0.29) is 11.5 Å². The zero-order valence-corrected chi connectivity index (χ0v) is 11.6. The van der Waals surface area contributed by atoms with Crippen LogP contribution in [0, 0.1) is 11.3 Å². The number of hydrogen-bond donors (Lipinski definition) is 2. The van der Waals surface area contributed by atoms with Crippen molar-refractivity contribution >= 4 is 0 Å². The van der Waals surface area contributed by atoms with Crippen molar-refractivity contribution in [3.05, 3.63) is 12.7 Å². The SMILES string of the molecule is C=CCC(C)C(C)NCC(C)(C)CC(C)O. The van der Waals surface area contributed by atoms with Gasteiger partial charge in [0.05, 0.1) is 6.10 Å². The lowest BCUT2D eigenvalue weighted by atomic mass is 9.86.